The monoisotopic (exact) mass is 198 g/mol. The van der Waals surface area contributed by atoms with Crippen LogP contribution in [0.15, 0.2) is 12.1 Å². The number of rotatable bonds is 3. The fourth-order valence-corrected chi connectivity index (χ4v) is 1.09. The molecule has 0 spiro atoms. The number of methoxy groups -OCH3 is 1. The lowest BCUT2D eigenvalue weighted by atomic mass is 9.79. The van der Waals surface area contributed by atoms with Crippen molar-refractivity contribution in [1.82, 2.24) is 0 Å². The molecule has 0 amide bonds. The van der Waals surface area contributed by atoms with Gasteiger partial charge in [0.1, 0.15) is 0 Å². The number of carbonyl (C=O) groups is 1. The van der Waals surface area contributed by atoms with Crippen LogP contribution in [0.5, 0.6) is 5.75 Å². The molecule has 0 radical (unpaired) electrons. The maximum atomic E-state index is 13.2. The molecule has 0 heterocycles. The second kappa shape index (κ2) is 4.21. The Morgan fingerprint density at radius 3 is 2.57 bits per heavy atom. The van der Waals surface area contributed by atoms with Crippen LogP contribution in [0.4, 0.5) is 4.39 Å². The van der Waals surface area contributed by atoms with Gasteiger partial charge in [-0.1, -0.05) is 0 Å². The molecule has 1 aromatic carbocycles. The SMILES string of the molecule is COc1c(F)cc(B(O)O)cc1C=O. The molecule has 0 aliphatic rings. The molecule has 1 aromatic rings. The highest BCUT2D eigenvalue weighted by molar-refractivity contribution is 6.58. The molecule has 0 atom stereocenters. The van der Waals surface area contributed by atoms with Gasteiger partial charge in [-0.05, 0) is 17.6 Å². The van der Waals surface area contributed by atoms with Crippen LogP contribution >= 0.6 is 0 Å². The smallest absolute Gasteiger partial charge is 0.488 e. The van der Waals surface area contributed by atoms with Gasteiger partial charge in [0.15, 0.2) is 17.9 Å². The molecule has 0 aliphatic heterocycles. The second-order valence-corrected chi connectivity index (χ2v) is 2.62. The van der Waals surface area contributed by atoms with Crippen LogP contribution in [0.3, 0.4) is 0 Å². The summed E-state index contributed by atoms with van der Waals surface area (Å²) in [5, 5.41) is 17.5. The van der Waals surface area contributed by atoms with E-state index in [1.54, 1.807) is 0 Å². The minimum atomic E-state index is -1.81. The van der Waals surface area contributed by atoms with Crippen molar-refractivity contribution in [2.75, 3.05) is 7.11 Å². The van der Waals surface area contributed by atoms with E-state index in [0.717, 1.165) is 12.1 Å². The summed E-state index contributed by atoms with van der Waals surface area (Å²) in [5.41, 5.74) is -0.152. The summed E-state index contributed by atoms with van der Waals surface area (Å²) in [7, 11) is -0.588. The highest BCUT2D eigenvalue weighted by Crippen LogP contribution is 2.19. The Morgan fingerprint density at radius 1 is 1.50 bits per heavy atom. The fraction of sp³-hybridized carbons (Fsp3) is 0.125. The molecule has 4 nitrogen and oxygen atoms in total. The predicted molar refractivity (Wildman–Crippen MR) is 48.2 cm³/mol. The van der Waals surface area contributed by atoms with Crippen LogP contribution in [0.1, 0.15) is 10.4 Å². The summed E-state index contributed by atoms with van der Waals surface area (Å²) >= 11 is 0. The molecule has 14 heavy (non-hydrogen) atoms. The lowest BCUT2D eigenvalue weighted by molar-refractivity contribution is 0.112. The van der Waals surface area contributed by atoms with Gasteiger partial charge in [-0.2, -0.15) is 0 Å². The Hall–Kier alpha value is -1.40. The third kappa shape index (κ3) is 1.91. The van der Waals surface area contributed by atoms with Crippen molar-refractivity contribution in [3.05, 3.63) is 23.5 Å². The Morgan fingerprint density at radius 2 is 2.14 bits per heavy atom. The van der Waals surface area contributed by atoms with Gasteiger partial charge in [-0.3, -0.25) is 4.79 Å². The molecule has 0 aliphatic carbocycles. The van der Waals surface area contributed by atoms with E-state index in [-0.39, 0.29) is 16.8 Å². The lowest BCUT2D eigenvalue weighted by Gasteiger charge is -2.07. The van der Waals surface area contributed by atoms with Crippen LogP contribution in [0, 0.1) is 5.82 Å². The van der Waals surface area contributed by atoms with E-state index in [9.17, 15) is 9.18 Å². The Kier molecular flexibility index (Phi) is 3.21. The van der Waals surface area contributed by atoms with E-state index >= 15 is 0 Å². The first-order chi connectivity index (χ1) is 6.60. The first-order valence-electron chi connectivity index (χ1n) is 3.79. The summed E-state index contributed by atoms with van der Waals surface area (Å²) in [5.74, 6) is -1.01. The van der Waals surface area contributed by atoms with Crippen LogP contribution < -0.4 is 10.2 Å². The molecular weight excluding hydrogens is 190 g/mol. The quantitative estimate of drug-likeness (QED) is 0.499. The maximum Gasteiger partial charge on any atom is 0.488 e. The van der Waals surface area contributed by atoms with E-state index < -0.39 is 12.9 Å². The third-order valence-electron chi connectivity index (χ3n) is 1.72. The van der Waals surface area contributed by atoms with Crippen molar-refractivity contribution in [2.24, 2.45) is 0 Å². The van der Waals surface area contributed by atoms with Gasteiger partial charge in [0, 0.05) is 0 Å². The molecule has 0 fully saturated rings. The number of halogens is 1. The number of carbonyl (C=O) groups excluding carboxylic acids is 1. The minimum Gasteiger partial charge on any atom is -0.493 e. The molecule has 2 N–H and O–H groups in total. The fourth-order valence-electron chi connectivity index (χ4n) is 1.09. The normalized spacial score (nSPS) is 9.71. The van der Waals surface area contributed by atoms with Crippen molar-refractivity contribution in [1.29, 1.82) is 0 Å². The molecule has 0 saturated carbocycles. The number of ether oxygens (including phenoxy) is 1. The second-order valence-electron chi connectivity index (χ2n) is 2.62. The average Bonchev–Trinajstić information content (AvgIpc) is 2.16. The first-order valence-corrected chi connectivity index (χ1v) is 3.79. The van der Waals surface area contributed by atoms with E-state index in [4.69, 9.17) is 10.0 Å². The minimum absolute atomic E-state index is 0.0596. The predicted octanol–water partition coefficient (Wildman–Crippen LogP) is -0.673. The number of benzene rings is 1. The van der Waals surface area contributed by atoms with Gasteiger partial charge >= 0.3 is 7.12 Å². The Balaban J connectivity index is 3.31. The first kappa shape index (κ1) is 10.7. The van der Waals surface area contributed by atoms with E-state index in [1.165, 1.54) is 7.11 Å². The third-order valence-corrected chi connectivity index (χ3v) is 1.72. The van der Waals surface area contributed by atoms with Gasteiger partial charge in [0.2, 0.25) is 0 Å². The van der Waals surface area contributed by atoms with E-state index in [1.807, 2.05) is 0 Å². The maximum absolute atomic E-state index is 13.2. The summed E-state index contributed by atoms with van der Waals surface area (Å²) in [4.78, 5) is 10.5. The van der Waals surface area contributed by atoms with Gasteiger partial charge < -0.3 is 14.8 Å². The number of hydrogen-bond donors (Lipinski definition) is 2. The van der Waals surface area contributed by atoms with Gasteiger partial charge in [0.05, 0.1) is 12.7 Å². The zero-order valence-electron chi connectivity index (χ0n) is 7.40. The topological polar surface area (TPSA) is 66.8 Å². The van der Waals surface area contributed by atoms with Crippen LogP contribution in [-0.4, -0.2) is 30.6 Å². The standard InChI is InChI=1S/C8H8BFO4/c1-14-8-5(4-11)2-6(9(12)13)3-7(8)10/h2-4,12-13H,1H3. The molecule has 0 saturated heterocycles. The summed E-state index contributed by atoms with van der Waals surface area (Å²) in [6, 6.07) is 2.05. The summed E-state index contributed by atoms with van der Waals surface area (Å²) in [6.07, 6.45) is 0.383. The van der Waals surface area contributed by atoms with Crippen LogP contribution in [0.25, 0.3) is 0 Å². The molecule has 6 heteroatoms. The van der Waals surface area contributed by atoms with Crippen LogP contribution in [0.2, 0.25) is 0 Å². The number of hydrogen-bond acceptors (Lipinski definition) is 4. The molecule has 0 aromatic heterocycles. The van der Waals surface area contributed by atoms with Gasteiger partial charge in [0.25, 0.3) is 0 Å². The van der Waals surface area contributed by atoms with Gasteiger partial charge in [-0.25, -0.2) is 4.39 Å². The molecule has 74 valence electrons. The largest absolute Gasteiger partial charge is 0.493 e. The zero-order valence-corrected chi connectivity index (χ0v) is 7.40. The van der Waals surface area contributed by atoms with Gasteiger partial charge in [-0.15, -0.1) is 0 Å². The van der Waals surface area contributed by atoms with Crippen molar-refractivity contribution in [3.63, 3.8) is 0 Å². The lowest BCUT2D eigenvalue weighted by Crippen LogP contribution is -2.30. The Bertz CT molecular complexity index is 353. The summed E-state index contributed by atoms with van der Waals surface area (Å²) in [6.45, 7) is 0. The highest BCUT2D eigenvalue weighted by Gasteiger charge is 2.17. The highest BCUT2D eigenvalue weighted by atomic mass is 19.1. The number of aldehydes is 1. The molecule has 0 bridgehead atoms. The Labute approximate surface area is 80.1 Å². The van der Waals surface area contributed by atoms with Crippen molar-refractivity contribution in [2.45, 2.75) is 0 Å². The van der Waals surface area contributed by atoms with Crippen molar-refractivity contribution in [3.8, 4) is 5.75 Å². The summed E-state index contributed by atoms with van der Waals surface area (Å²) < 4.78 is 17.8. The van der Waals surface area contributed by atoms with E-state index in [2.05, 4.69) is 4.74 Å². The van der Waals surface area contributed by atoms with Crippen molar-refractivity contribution >= 4 is 18.9 Å². The molecular formula is C8H8BFO4. The average molecular weight is 198 g/mol. The van der Waals surface area contributed by atoms with Crippen molar-refractivity contribution < 1.29 is 24.0 Å². The molecule has 0 unspecified atom stereocenters. The molecule has 1 rings (SSSR count). The zero-order chi connectivity index (χ0) is 10.7. The van der Waals surface area contributed by atoms with Crippen LogP contribution in [-0.2, 0) is 0 Å². The van der Waals surface area contributed by atoms with E-state index in [0.29, 0.717) is 6.29 Å².